The molecule has 0 saturated heterocycles. The maximum absolute atomic E-state index is 11.5. The van der Waals surface area contributed by atoms with E-state index >= 15 is 0 Å². The Morgan fingerprint density at radius 1 is 0.947 bits per heavy atom. The molecule has 0 aliphatic rings. The third kappa shape index (κ3) is 7.55. The molecule has 1 unspecified atom stereocenters. The number of carboxylic acid groups (broad SMARTS) is 1. The number of carbonyl (C=O) groups is 1. The maximum Gasteiger partial charge on any atom is 2.00 e. The van der Waals surface area contributed by atoms with Crippen molar-refractivity contribution < 1.29 is 12.8 Å². The van der Waals surface area contributed by atoms with Crippen molar-refractivity contribution >= 4 is 29.0 Å². The summed E-state index contributed by atoms with van der Waals surface area (Å²) in [4.78, 5) is 11.5. The van der Waals surface area contributed by atoms with Gasteiger partial charge in [-0.1, -0.05) is 72.6 Å². The summed E-state index contributed by atoms with van der Waals surface area (Å²) in [6.07, 6.45) is 9.48. The Balaban J connectivity index is -0.000000482. The fourth-order valence-electron chi connectivity index (χ4n) is 2.24. The van der Waals surface area contributed by atoms with E-state index in [4.69, 9.17) is 0 Å². The summed E-state index contributed by atoms with van der Waals surface area (Å²) in [5, 5.41) is 9.44. The molecule has 0 aliphatic heterocycles. The average molecular weight is 283 g/mol. The van der Waals surface area contributed by atoms with Gasteiger partial charge in [-0.2, -0.15) is 0 Å². The van der Waals surface area contributed by atoms with Crippen LogP contribution >= 0.6 is 0 Å². The third-order valence-electron chi connectivity index (χ3n) is 4.41. The van der Waals surface area contributed by atoms with E-state index in [0.29, 0.717) is 0 Å². The molecule has 0 aromatic carbocycles. The van der Waals surface area contributed by atoms with Crippen molar-refractivity contribution in [3.63, 3.8) is 0 Å². The Morgan fingerprint density at radius 3 is 1.74 bits per heavy atom. The van der Waals surface area contributed by atoms with Crippen molar-refractivity contribution in [1.82, 2.24) is 0 Å². The minimum atomic E-state index is -0.652. The standard InChI is InChI=1S/C16H32O2.Mg.2H/c1-6-7-8-9-10-11-12-13-16(5,14(17)18)15(2,3)4;;;/h6-13H2,1-5H3,(H,17,18);;;/q;+2;2*-1. The Labute approximate surface area is 138 Å². The van der Waals surface area contributed by atoms with Crippen LogP contribution in [-0.2, 0) is 4.79 Å². The van der Waals surface area contributed by atoms with Gasteiger partial charge in [-0.05, 0) is 18.8 Å². The number of carboxylic acids is 1. The first-order chi connectivity index (χ1) is 8.25. The van der Waals surface area contributed by atoms with Gasteiger partial charge in [0.25, 0.3) is 0 Å². The Kier molecular flexibility index (Phi) is 11.4. The van der Waals surface area contributed by atoms with Gasteiger partial charge in [0.1, 0.15) is 0 Å². The number of unbranched alkanes of at least 4 members (excludes halogenated alkanes) is 6. The molecule has 112 valence electrons. The van der Waals surface area contributed by atoms with E-state index in [-0.39, 0.29) is 31.3 Å². The number of aliphatic carboxylic acids is 1. The first kappa shape index (κ1) is 21.5. The molecule has 0 heterocycles. The van der Waals surface area contributed by atoms with E-state index in [1.807, 2.05) is 27.7 Å². The van der Waals surface area contributed by atoms with Crippen molar-refractivity contribution in [1.29, 1.82) is 0 Å². The quantitative estimate of drug-likeness (QED) is 0.471. The van der Waals surface area contributed by atoms with Gasteiger partial charge >= 0.3 is 29.0 Å². The molecule has 19 heavy (non-hydrogen) atoms. The molecule has 0 spiro atoms. The van der Waals surface area contributed by atoms with E-state index in [0.717, 1.165) is 12.8 Å². The van der Waals surface area contributed by atoms with E-state index in [1.54, 1.807) is 0 Å². The topological polar surface area (TPSA) is 37.3 Å². The first-order valence-corrected chi connectivity index (χ1v) is 7.49. The normalized spacial score (nSPS) is 14.6. The molecule has 0 aromatic rings. The molecule has 0 aromatic heterocycles. The summed E-state index contributed by atoms with van der Waals surface area (Å²) in [6, 6.07) is 0. The Bertz CT molecular complexity index is 255. The van der Waals surface area contributed by atoms with Gasteiger partial charge in [-0.25, -0.2) is 0 Å². The first-order valence-electron chi connectivity index (χ1n) is 7.49. The van der Waals surface area contributed by atoms with Crippen LogP contribution in [-0.4, -0.2) is 34.1 Å². The predicted molar refractivity (Wildman–Crippen MR) is 85.8 cm³/mol. The molecule has 3 heteroatoms. The van der Waals surface area contributed by atoms with Crippen molar-refractivity contribution in [2.75, 3.05) is 0 Å². The molecule has 1 N–H and O–H groups in total. The maximum atomic E-state index is 11.5. The van der Waals surface area contributed by atoms with E-state index in [1.165, 1.54) is 38.5 Å². The van der Waals surface area contributed by atoms with Crippen LogP contribution in [0, 0.1) is 10.8 Å². The van der Waals surface area contributed by atoms with Crippen molar-refractivity contribution in [3.05, 3.63) is 0 Å². The van der Waals surface area contributed by atoms with Gasteiger partial charge < -0.3 is 7.96 Å². The van der Waals surface area contributed by atoms with Crippen LogP contribution in [0.2, 0.25) is 0 Å². The molecular weight excluding hydrogens is 248 g/mol. The van der Waals surface area contributed by atoms with Gasteiger partial charge in [0.15, 0.2) is 0 Å². The summed E-state index contributed by atoms with van der Waals surface area (Å²) in [7, 11) is 0. The van der Waals surface area contributed by atoms with Crippen LogP contribution in [0.1, 0.15) is 88.8 Å². The van der Waals surface area contributed by atoms with E-state index in [9.17, 15) is 9.90 Å². The monoisotopic (exact) mass is 282 g/mol. The van der Waals surface area contributed by atoms with Crippen LogP contribution in [0.4, 0.5) is 0 Å². The molecule has 0 saturated carbocycles. The Morgan fingerprint density at radius 2 is 1.37 bits per heavy atom. The average Bonchev–Trinajstić information content (AvgIpc) is 2.25. The zero-order valence-electron chi connectivity index (χ0n) is 15.7. The van der Waals surface area contributed by atoms with Crippen LogP contribution in [0.3, 0.4) is 0 Å². The molecule has 0 aliphatic carbocycles. The molecule has 0 rings (SSSR count). The number of hydrogen-bond acceptors (Lipinski definition) is 1. The predicted octanol–water partition coefficient (Wildman–Crippen LogP) is 5.11. The minimum Gasteiger partial charge on any atom is -1.00 e. The fourth-order valence-corrected chi connectivity index (χ4v) is 2.24. The van der Waals surface area contributed by atoms with Gasteiger partial charge in [-0.3, -0.25) is 4.79 Å². The van der Waals surface area contributed by atoms with Crippen LogP contribution in [0.5, 0.6) is 0 Å². The Hall–Kier alpha value is 0.236. The molecule has 0 fully saturated rings. The van der Waals surface area contributed by atoms with Gasteiger partial charge in [0, 0.05) is 0 Å². The summed E-state index contributed by atoms with van der Waals surface area (Å²) >= 11 is 0. The van der Waals surface area contributed by atoms with Gasteiger partial charge in [0.2, 0.25) is 0 Å². The summed E-state index contributed by atoms with van der Waals surface area (Å²) in [5.74, 6) is -0.652. The molecule has 0 radical (unpaired) electrons. The van der Waals surface area contributed by atoms with Crippen molar-refractivity contribution in [3.8, 4) is 0 Å². The largest absolute Gasteiger partial charge is 2.00 e. The SMILES string of the molecule is CCCCCCCCCC(C)(C(=O)O)C(C)(C)C.[H-].[H-].[Mg+2]. The van der Waals surface area contributed by atoms with Crippen LogP contribution < -0.4 is 0 Å². The van der Waals surface area contributed by atoms with Crippen LogP contribution in [0.25, 0.3) is 0 Å². The molecule has 1 atom stereocenters. The zero-order chi connectivity index (χ0) is 14.2. The second kappa shape index (κ2) is 10.0. The number of hydrogen-bond donors (Lipinski definition) is 1. The minimum absolute atomic E-state index is 0. The van der Waals surface area contributed by atoms with Crippen molar-refractivity contribution in [2.45, 2.75) is 86.0 Å². The zero-order valence-corrected chi connectivity index (χ0v) is 15.1. The summed E-state index contributed by atoms with van der Waals surface area (Å²) < 4.78 is 0. The van der Waals surface area contributed by atoms with Crippen LogP contribution in [0.15, 0.2) is 0 Å². The molecule has 0 bridgehead atoms. The molecule has 2 nitrogen and oxygen atoms in total. The second-order valence-corrected chi connectivity index (χ2v) is 6.76. The van der Waals surface area contributed by atoms with Crippen molar-refractivity contribution in [2.24, 2.45) is 10.8 Å². The summed E-state index contributed by atoms with van der Waals surface area (Å²) in [5.41, 5.74) is -0.780. The molecular formula is C16H34MgO2. The summed E-state index contributed by atoms with van der Waals surface area (Å²) in [6.45, 7) is 10.2. The fraction of sp³-hybridized carbons (Fsp3) is 0.938. The van der Waals surface area contributed by atoms with Gasteiger partial charge in [-0.15, -0.1) is 0 Å². The number of rotatable bonds is 9. The van der Waals surface area contributed by atoms with E-state index in [2.05, 4.69) is 6.92 Å². The van der Waals surface area contributed by atoms with E-state index < -0.39 is 11.4 Å². The molecule has 0 amide bonds. The smallest absolute Gasteiger partial charge is 1.00 e. The third-order valence-corrected chi connectivity index (χ3v) is 4.41. The second-order valence-electron chi connectivity index (χ2n) is 6.76. The van der Waals surface area contributed by atoms with Gasteiger partial charge in [0.05, 0.1) is 5.41 Å².